The maximum Gasteiger partial charge on any atom is 0.343 e. The molecule has 7 nitrogen and oxygen atoms in total. The molecule has 0 aliphatic rings. The van der Waals surface area contributed by atoms with Gasteiger partial charge in [0.1, 0.15) is 22.8 Å². The molecule has 0 heterocycles. The molecule has 0 bridgehead atoms. The summed E-state index contributed by atoms with van der Waals surface area (Å²) in [5, 5.41) is 20.1. The molecule has 0 saturated carbocycles. The van der Waals surface area contributed by atoms with Gasteiger partial charge < -0.3 is 24.4 Å². The molecule has 1 aromatic carbocycles. The summed E-state index contributed by atoms with van der Waals surface area (Å²) in [6, 6.07) is 2.73. The Morgan fingerprint density at radius 2 is 1.85 bits per heavy atom. The van der Waals surface area contributed by atoms with Gasteiger partial charge in [0.15, 0.2) is 0 Å². The van der Waals surface area contributed by atoms with Crippen molar-refractivity contribution in [3.05, 3.63) is 27.7 Å². The lowest BCUT2D eigenvalue weighted by Crippen LogP contribution is -2.19. The third-order valence-corrected chi connectivity index (χ3v) is 4.36. The first-order chi connectivity index (χ1) is 12.3. The first-order valence-corrected chi connectivity index (χ1v) is 8.67. The zero-order chi connectivity index (χ0) is 19.9. The van der Waals surface area contributed by atoms with E-state index < -0.39 is 12.0 Å². The summed E-state index contributed by atoms with van der Waals surface area (Å²) in [5.41, 5.74) is 0.110. The number of carbonyl (C=O) groups is 1. The number of hydrogen-bond acceptors (Lipinski definition) is 7. The Morgan fingerprint density at radius 3 is 2.31 bits per heavy atom. The number of aliphatic hydroxyl groups is 2. The van der Waals surface area contributed by atoms with Crippen LogP contribution in [0.15, 0.2) is 27.2 Å². The number of aliphatic hydroxyl groups excluding tert-OH is 2. The second-order valence-electron chi connectivity index (χ2n) is 5.71. The minimum Gasteiger partial charge on any atom is -0.506 e. The van der Waals surface area contributed by atoms with Crippen molar-refractivity contribution in [1.82, 2.24) is 0 Å². The van der Waals surface area contributed by atoms with Crippen LogP contribution in [0.4, 0.5) is 0 Å². The molecule has 0 amide bonds. The third-order valence-electron chi connectivity index (χ3n) is 3.74. The van der Waals surface area contributed by atoms with Gasteiger partial charge >= 0.3 is 5.97 Å². The molecule has 1 rings (SSSR count). The first kappa shape index (κ1) is 22.0. The van der Waals surface area contributed by atoms with Crippen LogP contribution in [0.2, 0.25) is 0 Å². The van der Waals surface area contributed by atoms with Crippen molar-refractivity contribution in [3.8, 4) is 11.5 Å². The van der Waals surface area contributed by atoms with Gasteiger partial charge in [0.2, 0.25) is 0 Å². The van der Waals surface area contributed by atoms with E-state index in [0.717, 1.165) is 0 Å². The highest BCUT2D eigenvalue weighted by molar-refractivity contribution is 9.10. The van der Waals surface area contributed by atoms with E-state index in [1.54, 1.807) is 12.1 Å². The van der Waals surface area contributed by atoms with Crippen LogP contribution in [0.5, 0.6) is 11.5 Å². The van der Waals surface area contributed by atoms with Crippen LogP contribution in [-0.4, -0.2) is 56.4 Å². The van der Waals surface area contributed by atoms with Gasteiger partial charge in [-0.2, -0.15) is 0 Å². The Hall–Kier alpha value is -2.06. The maximum absolute atomic E-state index is 12.1. The minimum atomic E-state index is -0.763. The summed E-state index contributed by atoms with van der Waals surface area (Å²) >= 11 is 3.34. The second-order valence-corrected chi connectivity index (χ2v) is 6.57. The van der Waals surface area contributed by atoms with Gasteiger partial charge in [0, 0.05) is 12.3 Å². The molecule has 0 unspecified atom stereocenters. The number of esters is 1. The number of ether oxygens (including phenoxy) is 3. The van der Waals surface area contributed by atoms with E-state index in [-0.39, 0.29) is 29.4 Å². The number of carbonyl (C=O) groups excluding carboxylic acids is 1. The van der Waals surface area contributed by atoms with E-state index in [1.165, 1.54) is 27.5 Å². The molecule has 0 aliphatic heterocycles. The number of aliphatic imine (C=N–C) groups is 1. The highest BCUT2D eigenvalue weighted by Crippen LogP contribution is 2.36. The van der Waals surface area contributed by atoms with Crippen molar-refractivity contribution in [2.75, 3.05) is 27.9 Å². The molecule has 1 atom stereocenters. The Kier molecular flexibility index (Phi) is 8.60. The molecular weight excluding hydrogens is 406 g/mol. The van der Waals surface area contributed by atoms with Crippen LogP contribution in [0.3, 0.4) is 0 Å². The molecule has 1 aromatic rings. The number of hydrogen-bond donors (Lipinski definition) is 2. The third kappa shape index (κ3) is 5.22. The fourth-order valence-corrected chi connectivity index (χ4v) is 2.62. The molecule has 0 spiro atoms. The molecule has 0 fully saturated rings. The van der Waals surface area contributed by atoms with E-state index in [0.29, 0.717) is 16.0 Å². The number of nitrogens with zero attached hydrogens (tertiary/aromatic N) is 1. The van der Waals surface area contributed by atoms with Crippen LogP contribution in [0.1, 0.15) is 19.4 Å². The number of rotatable bonds is 8. The highest BCUT2D eigenvalue weighted by atomic mass is 79.9. The maximum atomic E-state index is 12.1. The molecule has 0 radical (unpaired) electrons. The quantitative estimate of drug-likeness (QED) is 0.285. The van der Waals surface area contributed by atoms with Crippen molar-refractivity contribution in [2.45, 2.75) is 19.9 Å². The highest BCUT2D eigenvalue weighted by Gasteiger charge is 2.21. The zero-order valence-corrected chi connectivity index (χ0v) is 17.0. The van der Waals surface area contributed by atoms with E-state index in [1.807, 2.05) is 13.8 Å². The molecule has 0 aromatic heterocycles. The van der Waals surface area contributed by atoms with Gasteiger partial charge in [-0.15, -0.1) is 0 Å². The zero-order valence-electron chi connectivity index (χ0n) is 15.4. The Bertz CT molecular complexity index is 699. The molecule has 0 saturated heterocycles. The lowest BCUT2D eigenvalue weighted by molar-refractivity contribution is -0.135. The fourth-order valence-electron chi connectivity index (χ4n) is 2.11. The molecule has 26 heavy (non-hydrogen) atoms. The summed E-state index contributed by atoms with van der Waals surface area (Å²) in [6.07, 6.45) is 1.21. The summed E-state index contributed by atoms with van der Waals surface area (Å²) in [7, 11) is 4.14. The SMILES string of the molecule is COC(=O)C(C=N[C@@H](CO)C(C)C)=C(O)c1cc(Br)c(OC)cc1OC. The van der Waals surface area contributed by atoms with Crippen molar-refractivity contribution in [3.63, 3.8) is 0 Å². The van der Waals surface area contributed by atoms with Crippen molar-refractivity contribution in [1.29, 1.82) is 0 Å². The summed E-state index contributed by atoms with van der Waals surface area (Å²) in [4.78, 5) is 16.3. The van der Waals surface area contributed by atoms with Gasteiger partial charge in [-0.25, -0.2) is 4.79 Å². The van der Waals surface area contributed by atoms with Crippen LogP contribution < -0.4 is 9.47 Å². The Labute approximate surface area is 161 Å². The average molecular weight is 430 g/mol. The Balaban J connectivity index is 3.52. The van der Waals surface area contributed by atoms with Gasteiger partial charge in [-0.05, 0) is 27.9 Å². The largest absolute Gasteiger partial charge is 0.506 e. The normalized spacial score (nSPS) is 13.5. The lowest BCUT2D eigenvalue weighted by Gasteiger charge is -2.15. The fraction of sp³-hybridized carbons (Fsp3) is 0.444. The Morgan fingerprint density at radius 1 is 1.23 bits per heavy atom. The summed E-state index contributed by atoms with van der Waals surface area (Å²) in [5.74, 6) is -0.254. The smallest absolute Gasteiger partial charge is 0.343 e. The standard InChI is InChI=1S/C18H24BrNO6/c1-10(2)14(9-21)20-8-12(18(23)26-5)17(22)11-6-13(19)16(25-4)7-15(11)24-3/h6-8,10,14,21-22H,9H2,1-5H3/t14-/m0/s1. The predicted octanol–water partition coefficient (Wildman–Crippen LogP) is 3.00. The van der Waals surface area contributed by atoms with Crippen LogP contribution in [0, 0.1) is 5.92 Å². The number of benzene rings is 1. The average Bonchev–Trinajstić information content (AvgIpc) is 2.63. The first-order valence-electron chi connectivity index (χ1n) is 7.88. The summed E-state index contributed by atoms with van der Waals surface area (Å²) in [6.45, 7) is 3.60. The van der Waals surface area contributed by atoms with Crippen LogP contribution in [0.25, 0.3) is 5.76 Å². The van der Waals surface area contributed by atoms with Gasteiger partial charge in [-0.1, -0.05) is 13.8 Å². The van der Waals surface area contributed by atoms with Gasteiger partial charge in [0.25, 0.3) is 0 Å². The van der Waals surface area contributed by atoms with E-state index in [2.05, 4.69) is 20.9 Å². The van der Waals surface area contributed by atoms with Crippen molar-refractivity contribution < 1.29 is 29.2 Å². The van der Waals surface area contributed by atoms with E-state index in [9.17, 15) is 15.0 Å². The van der Waals surface area contributed by atoms with Crippen molar-refractivity contribution in [2.24, 2.45) is 10.9 Å². The van der Waals surface area contributed by atoms with Gasteiger partial charge in [0.05, 0.1) is 44.0 Å². The minimum absolute atomic E-state index is 0.0574. The number of methoxy groups -OCH3 is 3. The lowest BCUT2D eigenvalue weighted by atomic mass is 10.1. The molecule has 8 heteroatoms. The van der Waals surface area contributed by atoms with E-state index >= 15 is 0 Å². The second kappa shape index (κ2) is 10.2. The van der Waals surface area contributed by atoms with E-state index in [4.69, 9.17) is 14.2 Å². The predicted molar refractivity (Wildman–Crippen MR) is 103 cm³/mol. The molecule has 0 aliphatic carbocycles. The molecular formula is C18H24BrNO6. The molecule has 2 N–H and O–H groups in total. The number of halogens is 1. The summed E-state index contributed by atoms with van der Waals surface area (Å²) < 4.78 is 15.8. The van der Waals surface area contributed by atoms with Crippen LogP contribution >= 0.6 is 15.9 Å². The topological polar surface area (TPSA) is 97.6 Å². The van der Waals surface area contributed by atoms with Crippen molar-refractivity contribution >= 4 is 33.9 Å². The van der Waals surface area contributed by atoms with Crippen LogP contribution in [-0.2, 0) is 9.53 Å². The van der Waals surface area contributed by atoms with Gasteiger partial charge in [-0.3, -0.25) is 4.99 Å². The molecule has 144 valence electrons. The monoisotopic (exact) mass is 429 g/mol.